The number of hydrogen-bond donors (Lipinski definition) is 3. The van der Waals surface area contributed by atoms with Crippen LogP contribution < -0.4 is 10.6 Å². The molecular formula is C19H30N2O3S. The number of sulfone groups is 1. The van der Waals surface area contributed by atoms with E-state index in [2.05, 4.69) is 17.2 Å². The van der Waals surface area contributed by atoms with Crippen LogP contribution in [0.2, 0.25) is 0 Å². The lowest BCUT2D eigenvalue weighted by molar-refractivity contribution is 0.473. The zero-order chi connectivity index (χ0) is 18.5. The largest absolute Gasteiger partial charge is 0.508 e. The van der Waals surface area contributed by atoms with Gasteiger partial charge in [0.2, 0.25) is 0 Å². The van der Waals surface area contributed by atoms with Crippen LogP contribution in [0.5, 0.6) is 5.75 Å². The monoisotopic (exact) mass is 366 g/mol. The molecule has 0 atom stereocenters. The topological polar surface area (TPSA) is 78.4 Å². The lowest BCUT2D eigenvalue weighted by Crippen LogP contribution is -2.20. The third-order valence-electron chi connectivity index (χ3n) is 3.72. The molecule has 6 heteroatoms. The highest BCUT2D eigenvalue weighted by molar-refractivity contribution is 7.94. The fraction of sp³-hybridized carbons (Fsp3) is 0.474. The minimum atomic E-state index is -3.51. The first-order chi connectivity index (χ1) is 12.0. The molecule has 0 spiro atoms. The molecule has 0 radical (unpaired) electrons. The molecule has 0 aliphatic rings. The van der Waals surface area contributed by atoms with Crippen molar-refractivity contribution >= 4 is 9.84 Å². The molecule has 0 fully saturated rings. The first-order valence-corrected chi connectivity index (χ1v) is 10.3. The van der Waals surface area contributed by atoms with E-state index in [1.807, 2.05) is 6.08 Å². The molecular weight excluding hydrogens is 336 g/mol. The Bertz CT molecular complexity index is 655. The van der Waals surface area contributed by atoms with E-state index < -0.39 is 9.84 Å². The van der Waals surface area contributed by atoms with Gasteiger partial charge in [0.05, 0.1) is 4.90 Å². The minimum Gasteiger partial charge on any atom is -0.508 e. The molecule has 25 heavy (non-hydrogen) atoms. The predicted molar refractivity (Wildman–Crippen MR) is 104 cm³/mol. The van der Waals surface area contributed by atoms with E-state index in [1.165, 1.54) is 17.5 Å². The third-order valence-corrected chi connectivity index (χ3v) is 5.33. The number of phenols is 1. The van der Waals surface area contributed by atoms with Crippen LogP contribution in [-0.4, -0.2) is 39.7 Å². The molecule has 0 bridgehead atoms. The number of phenolic OH excluding ortho intramolecular Hbond substituents is 1. The summed E-state index contributed by atoms with van der Waals surface area (Å²) in [7, 11) is -3.51. The van der Waals surface area contributed by atoms with Gasteiger partial charge in [0.25, 0.3) is 0 Å². The Balaban J connectivity index is 2.21. The minimum absolute atomic E-state index is 0.0433. The van der Waals surface area contributed by atoms with Gasteiger partial charge in [-0.25, -0.2) is 8.42 Å². The van der Waals surface area contributed by atoms with Crippen molar-refractivity contribution in [1.29, 1.82) is 0 Å². The summed E-state index contributed by atoms with van der Waals surface area (Å²) in [6, 6.07) is 4.37. The van der Waals surface area contributed by atoms with Gasteiger partial charge in [-0.2, -0.15) is 0 Å². The Labute approximate surface area is 151 Å². The summed E-state index contributed by atoms with van der Waals surface area (Å²) in [6.45, 7) is 9.06. The van der Waals surface area contributed by atoms with Gasteiger partial charge in [-0.15, -0.1) is 6.58 Å². The van der Waals surface area contributed by atoms with Crippen molar-refractivity contribution in [2.45, 2.75) is 37.5 Å². The Hall–Kier alpha value is -1.63. The van der Waals surface area contributed by atoms with Crippen molar-refractivity contribution in [2.75, 3.05) is 26.2 Å². The van der Waals surface area contributed by atoms with Crippen LogP contribution in [0.4, 0.5) is 0 Å². The Morgan fingerprint density at radius 3 is 2.36 bits per heavy atom. The lowest BCUT2D eigenvalue weighted by Gasteiger charge is -2.05. The van der Waals surface area contributed by atoms with Crippen LogP contribution in [0.1, 0.15) is 31.2 Å². The zero-order valence-corrected chi connectivity index (χ0v) is 15.8. The van der Waals surface area contributed by atoms with Gasteiger partial charge in [-0.1, -0.05) is 18.2 Å². The Kier molecular flexibility index (Phi) is 10.1. The van der Waals surface area contributed by atoms with Crippen molar-refractivity contribution < 1.29 is 13.5 Å². The summed E-state index contributed by atoms with van der Waals surface area (Å²) in [5, 5.41) is 17.3. The number of unbranched alkanes of at least 4 members (excludes halogenated alkanes) is 1. The van der Waals surface area contributed by atoms with Crippen molar-refractivity contribution in [3.8, 4) is 5.75 Å². The number of benzene rings is 1. The highest BCUT2D eigenvalue weighted by Crippen LogP contribution is 2.22. The van der Waals surface area contributed by atoms with Gasteiger partial charge in [0, 0.05) is 5.41 Å². The number of rotatable bonds is 13. The summed E-state index contributed by atoms with van der Waals surface area (Å²) < 4.78 is 24.5. The van der Waals surface area contributed by atoms with Crippen LogP contribution in [0, 0.1) is 6.92 Å². The fourth-order valence-corrected chi connectivity index (χ4v) is 3.64. The summed E-state index contributed by atoms with van der Waals surface area (Å²) in [4.78, 5) is 0.153. The first-order valence-electron chi connectivity index (χ1n) is 8.71. The lowest BCUT2D eigenvalue weighted by atomic mass is 10.2. The third kappa shape index (κ3) is 8.86. The first kappa shape index (κ1) is 21.4. The molecule has 3 N–H and O–H groups in total. The van der Waals surface area contributed by atoms with Crippen molar-refractivity contribution in [3.63, 3.8) is 0 Å². The normalized spacial score (nSPS) is 11.9. The van der Waals surface area contributed by atoms with Crippen LogP contribution in [0.25, 0.3) is 0 Å². The second-order valence-electron chi connectivity index (χ2n) is 5.94. The summed E-state index contributed by atoms with van der Waals surface area (Å²) in [6.07, 6.45) is 7.41. The Morgan fingerprint density at radius 2 is 1.72 bits per heavy atom. The van der Waals surface area contributed by atoms with E-state index in [1.54, 1.807) is 19.1 Å². The maximum atomic E-state index is 12.3. The van der Waals surface area contributed by atoms with Crippen LogP contribution in [0.15, 0.2) is 47.2 Å². The van der Waals surface area contributed by atoms with E-state index in [4.69, 9.17) is 0 Å². The van der Waals surface area contributed by atoms with E-state index in [0.717, 1.165) is 45.4 Å². The molecule has 0 saturated heterocycles. The fourth-order valence-electron chi connectivity index (χ4n) is 2.30. The number of nitrogens with one attached hydrogen (secondary N) is 2. The second kappa shape index (κ2) is 11.8. The summed E-state index contributed by atoms with van der Waals surface area (Å²) in [5.41, 5.74) is 0.627. The molecule has 0 aliphatic heterocycles. The van der Waals surface area contributed by atoms with Crippen LogP contribution in [0.3, 0.4) is 0 Å². The maximum absolute atomic E-state index is 12.3. The summed E-state index contributed by atoms with van der Waals surface area (Å²) >= 11 is 0. The van der Waals surface area contributed by atoms with Crippen molar-refractivity contribution in [3.05, 3.63) is 47.9 Å². The average Bonchev–Trinajstić information content (AvgIpc) is 2.58. The number of aryl methyl sites for hydroxylation is 1. The summed E-state index contributed by atoms with van der Waals surface area (Å²) in [5.74, 6) is -0.0433. The maximum Gasteiger partial charge on any atom is 0.199 e. The highest BCUT2D eigenvalue weighted by Gasteiger charge is 2.13. The molecule has 0 saturated carbocycles. The molecule has 1 rings (SSSR count). The predicted octanol–water partition coefficient (Wildman–Crippen LogP) is 2.91. The standard InChI is InChI=1S/C19H30N2O3S/c1-3-4-11-20-12-5-6-13-21-14-7-8-15-25(23,24)19-16-18(22)10-9-17(19)2/h3,8-10,15-16,20-22H,1,4-7,11-14H2,2H3. The van der Waals surface area contributed by atoms with Gasteiger partial charge in [0.15, 0.2) is 9.84 Å². The SMILES string of the molecule is C=CCCNCCCCNCCC=CS(=O)(=O)c1cc(O)ccc1C. The number of hydrogen-bond acceptors (Lipinski definition) is 5. The van der Waals surface area contributed by atoms with E-state index in [9.17, 15) is 13.5 Å². The molecule has 0 aromatic heterocycles. The highest BCUT2D eigenvalue weighted by atomic mass is 32.2. The smallest absolute Gasteiger partial charge is 0.199 e. The van der Waals surface area contributed by atoms with Crippen LogP contribution >= 0.6 is 0 Å². The molecule has 5 nitrogen and oxygen atoms in total. The van der Waals surface area contributed by atoms with Gasteiger partial charge in [-0.3, -0.25) is 0 Å². The van der Waals surface area contributed by atoms with Gasteiger partial charge >= 0.3 is 0 Å². The van der Waals surface area contributed by atoms with Crippen molar-refractivity contribution in [2.24, 2.45) is 0 Å². The molecule has 0 amide bonds. The van der Waals surface area contributed by atoms with Gasteiger partial charge in [0.1, 0.15) is 5.75 Å². The zero-order valence-electron chi connectivity index (χ0n) is 15.0. The molecule has 0 heterocycles. The Morgan fingerprint density at radius 1 is 1.08 bits per heavy atom. The molecule has 0 unspecified atom stereocenters. The molecule has 0 aliphatic carbocycles. The quantitative estimate of drug-likeness (QED) is 0.370. The average molecular weight is 367 g/mol. The van der Waals surface area contributed by atoms with E-state index >= 15 is 0 Å². The van der Waals surface area contributed by atoms with Crippen molar-refractivity contribution in [1.82, 2.24) is 10.6 Å². The molecule has 1 aromatic rings. The van der Waals surface area contributed by atoms with E-state index in [-0.39, 0.29) is 10.6 Å². The van der Waals surface area contributed by atoms with Gasteiger partial charge < -0.3 is 15.7 Å². The second-order valence-corrected chi connectivity index (χ2v) is 7.74. The number of aromatic hydroxyl groups is 1. The van der Waals surface area contributed by atoms with Crippen LogP contribution in [-0.2, 0) is 9.84 Å². The van der Waals surface area contributed by atoms with E-state index in [0.29, 0.717) is 12.0 Å². The van der Waals surface area contributed by atoms with Gasteiger partial charge in [-0.05, 0) is 76.5 Å². The molecule has 140 valence electrons. The molecule has 1 aromatic carbocycles.